The van der Waals surface area contributed by atoms with Gasteiger partial charge in [0, 0.05) is 31.5 Å². The van der Waals surface area contributed by atoms with Gasteiger partial charge < -0.3 is 10.2 Å². The third-order valence-corrected chi connectivity index (χ3v) is 8.11. The lowest BCUT2D eigenvalue weighted by atomic mass is 9.75. The van der Waals surface area contributed by atoms with E-state index >= 15 is 0 Å². The number of piperidine rings is 1. The fourth-order valence-corrected chi connectivity index (χ4v) is 6.32. The van der Waals surface area contributed by atoms with Crippen LogP contribution >= 0.6 is 0 Å². The summed E-state index contributed by atoms with van der Waals surface area (Å²) in [4.78, 5) is 27.5. The molecule has 164 valence electrons. The first-order valence-electron chi connectivity index (χ1n) is 12.2. The predicted molar refractivity (Wildman–Crippen MR) is 124 cm³/mol. The molecule has 1 unspecified atom stereocenters. The number of carbonyl (C=O) groups excluding carboxylic acids is 2. The van der Waals surface area contributed by atoms with E-state index in [0.29, 0.717) is 18.8 Å². The van der Waals surface area contributed by atoms with E-state index in [9.17, 15) is 9.59 Å². The molecule has 3 atom stereocenters. The Morgan fingerprint density at radius 2 is 1.84 bits per heavy atom. The highest BCUT2D eigenvalue weighted by atomic mass is 16.2. The lowest BCUT2D eigenvalue weighted by Crippen LogP contribution is -2.47. The summed E-state index contributed by atoms with van der Waals surface area (Å²) >= 11 is 0. The summed E-state index contributed by atoms with van der Waals surface area (Å²) in [5.74, 6) is 1.95. The third-order valence-electron chi connectivity index (χ3n) is 8.11. The smallest absolute Gasteiger partial charge is 0.222 e. The Hall–Kier alpha value is -2.36. The number of hydrogen-bond acceptors (Lipinski definition) is 2. The van der Waals surface area contributed by atoms with Crippen LogP contribution in [0.15, 0.2) is 42.5 Å². The molecular formula is C27H34N2O2. The molecule has 3 aliphatic rings. The van der Waals surface area contributed by atoms with Crippen LogP contribution in [0, 0.1) is 11.8 Å². The fraction of sp³-hybridized carbons (Fsp3) is 0.556. The van der Waals surface area contributed by atoms with Crippen LogP contribution < -0.4 is 5.32 Å². The molecule has 1 saturated carbocycles. The number of rotatable bonds is 5. The molecule has 1 N–H and O–H groups in total. The molecule has 2 heterocycles. The second-order valence-electron chi connectivity index (χ2n) is 10.1. The molecule has 1 aliphatic carbocycles. The van der Waals surface area contributed by atoms with Crippen LogP contribution in [0.1, 0.15) is 63.4 Å². The molecule has 0 bridgehead atoms. The van der Waals surface area contributed by atoms with Crippen molar-refractivity contribution in [1.29, 1.82) is 0 Å². The Bertz CT molecular complexity index is 965. The Morgan fingerprint density at radius 3 is 2.68 bits per heavy atom. The summed E-state index contributed by atoms with van der Waals surface area (Å²) in [6.07, 6.45) is 9.93. The molecular weight excluding hydrogens is 384 g/mol. The minimum atomic E-state index is -0.306. The van der Waals surface area contributed by atoms with E-state index in [1.807, 2.05) is 0 Å². The number of benzene rings is 2. The number of nitrogens with one attached hydrogen (secondary N) is 1. The van der Waals surface area contributed by atoms with Gasteiger partial charge in [0.1, 0.15) is 0 Å². The summed E-state index contributed by atoms with van der Waals surface area (Å²) in [6.45, 7) is 1.87. The first-order valence-corrected chi connectivity index (χ1v) is 12.2. The Morgan fingerprint density at radius 1 is 1.03 bits per heavy atom. The molecule has 31 heavy (non-hydrogen) atoms. The molecule has 2 aromatic rings. The van der Waals surface area contributed by atoms with Gasteiger partial charge >= 0.3 is 0 Å². The van der Waals surface area contributed by atoms with Crippen LogP contribution in [0.3, 0.4) is 0 Å². The average molecular weight is 419 g/mol. The van der Waals surface area contributed by atoms with Gasteiger partial charge in [-0.15, -0.1) is 0 Å². The van der Waals surface area contributed by atoms with Gasteiger partial charge in [-0.25, -0.2) is 0 Å². The van der Waals surface area contributed by atoms with Crippen molar-refractivity contribution in [2.75, 3.05) is 13.1 Å². The van der Waals surface area contributed by atoms with E-state index in [1.165, 1.54) is 48.4 Å². The molecule has 5 rings (SSSR count). The van der Waals surface area contributed by atoms with E-state index in [-0.39, 0.29) is 17.4 Å². The van der Waals surface area contributed by atoms with Gasteiger partial charge in [-0.3, -0.25) is 9.59 Å². The molecule has 2 saturated heterocycles. The zero-order valence-corrected chi connectivity index (χ0v) is 18.4. The third kappa shape index (κ3) is 4.35. The number of hydrogen-bond donors (Lipinski definition) is 1. The summed E-state index contributed by atoms with van der Waals surface area (Å²) < 4.78 is 0. The van der Waals surface area contributed by atoms with Gasteiger partial charge in [-0.2, -0.15) is 0 Å². The Balaban J connectivity index is 1.28. The number of carbonyl (C=O) groups is 2. The first-order chi connectivity index (χ1) is 15.1. The van der Waals surface area contributed by atoms with E-state index < -0.39 is 0 Å². The van der Waals surface area contributed by atoms with Crippen LogP contribution in [0.25, 0.3) is 10.8 Å². The minimum absolute atomic E-state index is 0.121. The van der Waals surface area contributed by atoms with Crippen molar-refractivity contribution in [3.05, 3.63) is 48.0 Å². The van der Waals surface area contributed by atoms with E-state index in [0.717, 1.165) is 38.3 Å². The summed E-state index contributed by atoms with van der Waals surface area (Å²) in [5.41, 5.74) is 0.954. The summed E-state index contributed by atoms with van der Waals surface area (Å²) in [5, 5.41) is 5.75. The fourth-order valence-electron chi connectivity index (χ4n) is 6.32. The molecule has 0 aromatic heterocycles. The molecule has 4 nitrogen and oxygen atoms in total. The maximum Gasteiger partial charge on any atom is 0.222 e. The zero-order valence-electron chi connectivity index (χ0n) is 18.4. The van der Waals surface area contributed by atoms with Crippen LogP contribution in [-0.4, -0.2) is 35.3 Å². The predicted octanol–water partition coefficient (Wildman–Crippen LogP) is 4.85. The van der Waals surface area contributed by atoms with Gasteiger partial charge in [0.2, 0.25) is 11.8 Å². The zero-order chi connectivity index (χ0) is 21.3. The lowest BCUT2D eigenvalue weighted by Gasteiger charge is -2.41. The van der Waals surface area contributed by atoms with Crippen molar-refractivity contribution in [2.45, 2.75) is 69.7 Å². The van der Waals surface area contributed by atoms with E-state index in [1.54, 1.807) is 0 Å². The van der Waals surface area contributed by atoms with Crippen molar-refractivity contribution >= 4 is 22.6 Å². The molecule has 4 heteroatoms. The SMILES string of the molecule is O=C1CCC(CCC(=O)N2CC[C@@H]3CCCC[C@H]3C2)(Cc2cccc3ccccc23)N1. The number of likely N-dealkylation sites (tertiary alicyclic amines) is 1. The monoisotopic (exact) mass is 418 g/mol. The quantitative estimate of drug-likeness (QED) is 0.755. The van der Waals surface area contributed by atoms with Crippen LogP contribution in [0.4, 0.5) is 0 Å². The van der Waals surface area contributed by atoms with E-state index in [2.05, 4.69) is 52.7 Å². The van der Waals surface area contributed by atoms with Gasteiger partial charge in [-0.1, -0.05) is 61.7 Å². The van der Waals surface area contributed by atoms with Crippen LogP contribution in [0.2, 0.25) is 0 Å². The molecule has 2 amide bonds. The lowest BCUT2D eigenvalue weighted by molar-refractivity contribution is -0.135. The molecule has 0 radical (unpaired) electrons. The van der Waals surface area contributed by atoms with Crippen molar-refractivity contribution in [3.63, 3.8) is 0 Å². The summed E-state index contributed by atoms with van der Waals surface area (Å²) in [7, 11) is 0. The number of nitrogens with zero attached hydrogens (tertiary/aromatic N) is 1. The Labute approximate surface area is 185 Å². The van der Waals surface area contributed by atoms with Gasteiger partial charge in [0.25, 0.3) is 0 Å². The normalized spacial score (nSPS) is 28.4. The minimum Gasteiger partial charge on any atom is -0.350 e. The van der Waals surface area contributed by atoms with Crippen molar-refractivity contribution < 1.29 is 9.59 Å². The summed E-state index contributed by atoms with van der Waals surface area (Å²) in [6, 6.07) is 14.8. The molecule has 3 fully saturated rings. The topological polar surface area (TPSA) is 49.4 Å². The standard InChI is InChI=1S/C27H34N2O2/c30-25-12-15-27(28-25,18-22-10-5-9-21-7-3-4-11-24(21)22)16-13-26(31)29-17-14-20-6-1-2-8-23(20)19-29/h3-5,7,9-11,20,23H,1-2,6,8,12-19H2,(H,28,30)/t20-,23-,27?/m0/s1. The van der Waals surface area contributed by atoms with Crippen LogP contribution in [0.5, 0.6) is 0 Å². The highest BCUT2D eigenvalue weighted by Gasteiger charge is 2.39. The van der Waals surface area contributed by atoms with Gasteiger partial charge in [0.15, 0.2) is 0 Å². The molecule has 0 spiro atoms. The second-order valence-corrected chi connectivity index (χ2v) is 10.1. The average Bonchev–Trinajstić information content (AvgIpc) is 3.18. The maximum atomic E-state index is 13.1. The highest BCUT2D eigenvalue weighted by molar-refractivity contribution is 5.86. The Kier molecular flexibility index (Phi) is 5.73. The van der Waals surface area contributed by atoms with Crippen molar-refractivity contribution in [3.8, 4) is 0 Å². The van der Waals surface area contributed by atoms with Crippen LogP contribution in [-0.2, 0) is 16.0 Å². The molecule has 2 aliphatic heterocycles. The highest BCUT2D eigenvalue weighted by Crippen LogP contribution is 2.37. The van der Waals surface area contributed by atoms with Gasteiger partial charge in [0.05, 0.1) is 0 Å². The number of fused-ring (bicyclic) bond motifs is 2. The maximum absolute atomic E-state index is 13.1. The molecule has 2 aromatic carbocycles. The van der Waals surface area contributed by atoms with E-state index in [4.69, 9.17) is 0 Å². The number of amides is 2. The first kappa shape index (κ1) is 20.5. The van der Waals surface area contributed by atoms with Crippen molar-refractivity contribution in [2.24, 2.45) is 11.8 Å². The largest absolute Gasteiger partial charge is 0.350 e. The van der Waals surface area contributed by atoms with Crippen molar-refractivity contribution in [1.82, 2.24) is 10.2 Å². The second kappa shape index (κ2) is 8.64. The van der Waals surface area contributed by atoms with Gasteiger partial charge in [-0.05, 0) is 60.3 Å².